The molecular weight excluding hydrogens is 432 g/mol. The van der Waals surface area contributed by atoms with Crippen molar-refractivity contribution in [3.8, 4) is 11.1 Å². The number of alkyl carbamates (subject to hydrolysis) is 1. The van der Waals surface area contributed by atoms with Gasteiger partial charge in [0.25, 0.3) is 0 Å². The van der Waals surface area contributed by atoms with Gasteiger partial charge in [-0.05, 0) is 47.9 Å². The van der Waals surface area contributed by atoms with Gasteiger partial charge in [0.15, 0.2) is 0 Å². The second-order valence-corrected chi connectivity index (χ2v) is 9.34. The van der Waals surface area contributed by atoms with Crippen LogP contribution in [0.25, 0.3) is 11.1 Å². The Labute approximate surface area is 200 Å². The Morgan fingerprint density at radius 3 is 2.18 bits per heavy atom. The Bertz CT molecular complexity index is 992. The molecule has 7 heteroatoms. The minimum Gasteiger partial charge on any atom is -0.481 e. The second-order valence-electron chi connectivity index (χ2n) is 9.34. The maximum absolute atomic E-state index is 12.8. The molecule has 2 aromatic carbocycles. The summed E-state index contributed by atoms with van der Waals surface area (Å²) in [6.07, 6.45) is 0.553. The fraction of sp³-hybridized carbons (Fsp3) is 0.444. The molecule has 0 aliphatic heterocycles. The molecule has 0 bridgehead atoms. The van der Waals surface area contributed by atoms with Crippen molar-refractivity contribution in [2.24, 2.45) is 11.3 Å². The molecule has 0 aromatic heterocycles. The molecule has 2 unspecified atom stereocenters. The highest BCUT2D eigenvalue weighted by molar-refractivity contribution is 5.83. The molecular formula is C27H34N2O5. The molecule has 1 aliphatic carbocycles. The number of amides is 2. The first-order valence-electron chi connectivity index (χ1n) is 11.8. The molecule has 3 rings (SSSR count). The Morgan fingerprint density at radius 2 is 1.62 bits per heavy atom. The summed E-state index contributed by atoms with van der Waals surface area (Å²) in [6, 6.07) is 16.3. The lowest BCUT2D eigenvalue weighted by Crippen LogP contribution is -2.47. The number of carboxylic acid groups (broad SMARTS) is 1. The molecule has 0 saturated heterocycles. The summed E-state index contributed by atoms with van der Waals surface area (Å²) in [7, 11) is 0. The molecule has 182 valence electrons. The number of aliphatic carboxylic acids is 1. The molecule has 0 saturated carbocycles. The van der Waals surface area contributed by atoms with Gasteiger partial charge in [-0.2, -0.15) is 0 Å². The molecule has 2 amide bonds. The Morgan fingerprint density at radius 1 is 1.03 bits per heavy atom. The summed E-state index contributed by atoms with van der Waals surface area (Å²) in [5.41, 5.74) is 3.83. The number of carbonyl (C=O) groups excluding carboxylic acids is 2. The average molecular weight is 467 g/mol. The summed E-state index contributed by atoms with van der Waals surface area (Å²) in [4.78, 5) is 36.0. The predicted octanol–water partition coefficient (Wildman–Crippen LogP) is 4.56. The zero-order valence-electron chi connectivity index (χ0n) is 20.1. The highest BCUT2D eigenvalue weighted by atomic mass is 16.5. The highest BCUT2D eigenvalue weighted by Gasteiger charge is 2.33. The maximum atomic E-state index is 12.8. The molecule has 0 heterocycles. The lowest BCUT2D eigenvalue weighted by atomic mass is 9.86. The van der Waals surface area contributed by atoms with E-state index in [-0.39, 0.29) is 37.3 Å². The molecule has 0 radical (unpaired) electrons. The Kier molecular flexibility index (Phi) is 8.31. The van der Waals surface area contributed by atoms with Crippen molar-refractivity contribution in [1.82, 2.24) is 10.6 Å². The maximum Gasteiger partial charge on any atom is 0.407 e. The number of fused-ring (bicyclic) bond motifs is 3. The van der Waals surface area contributed by atoms with E-state index in [1.54, 1.807) is 6.92 Å². The summed E-state index contributed by atoms with van der Waals surface area (Å²) in [5.74, 6) is -0.984. The number of benzene rings is 2. The molecule has 0 spiro atoms. The van der Waals surface area contributed by atoms with Crippen LogP contribution < -0.4 is 10.6 Å². The van der Waals surface area contributed by atoms with Crippen LogP contribution in [0.15, 0.2) is 48.5 Å². The predicted molar refractivity (Wildman–Crippen MR) is 131 cm³/mol. The van der Waals surface area contributed by atoms with Gasteiger partial charge < -0.3 is 20.5 Å². The van der Waals surface area contributed by atoms with Crippen molar-refractivity contribution in [2.75, 3.05) is 19.7 Å². The topological polar surface area (TPSA) is 105 Å². The summed E-state index contributed by atoms with van der Waals surface area (Å²) >= 11 is 0. The van der Waals surface area contributed by atoms with Crippen molar-refractivity contribution >= 4 is 18.0 Å². The van der Waals surface area contributed by atoms with Gasteiger partial charge in [0, 0.05) is 25.4 Å². The van der Waals surface area contributed by atoms with Gasteiger partial charge in [-0.1, -0.05) is 62.4 Å². The van der Waals surface area contributed by atoms with E-state index in [4.69, 9.17) is 9.84 Å². The third kappa shape index (κ3) is 5.95. The van der Waals surface area contributed by atoms with E-state index in [0.717, 1.165) is 11.1 Å². The van der Waals surface area contributed by atoms with Gasteiger partial charge in [-0.25, -0.2) is 4.79 Å². The van der Waals surface area contributed by atoms with Crippen LogP contribution in [0.3, 0.4) is 0 Å². The lowest BCUT2D eigenvalue weighted by Gasteiger charge is -2.28. The van der Waals surface area contributed by atoms with E-state index in [0.29, 0.717) is 19.4 Å². The van der Waals surface area contributed by atoms with Crippen LogP contribution in [-0.2, 0) is 14.3 Å². The van der Waals surface area contributed by atoms with Gasteiger partial charge in [0.2, 0.25) is 5.91 Å². The van der Waals surface area contributed by atoms with Crippen molar-refractivity contribution < 1.29 is 24.2 Å². The minimum atomic E-state index is -0.844. The summed E-state index contributed by atoms with van der Waals surface area (Å²) in [5, 5.41) is 14.5. The Balaban J connectivity index is 1.52. The van der Waals surface area contributed by atoms with Gasteiger partial charge >= 0.3 is 12.1 Å². The monoisotopic (exact) mass is 466 g/mol. The van der Waals surface area contributed by atoms with Gasteiger partial charge in [-0.15, -0.1) is 0 Å². The third-order valence-corrected chi connectivity index (χ3v) is 6.76. The largest absolute Gasteiger partial charge is 0.481 e. The van der Waals surface area contributed by atoms with E-state index in [9.17, 15) is 14.4 Å². The fourth-order valence-corrected chi connectivity index (χ4v) is 4.23. The van der Waals surface area contributed by atoms with Crippen LogP contribution in [0.2, 0.25) is 0 Å². The standard InChI is InChI=1S/C27H34N2O5/c1-4-27(3,25(32)28-15-18(2)13-14-24(30)31)17-29-26(33)34-16-23-21-11-7-5-9-19(21)20-10-6-8-12-22(20)23/h5-12,18,23H,4,13-17H2,1-3H3,(H,28,32)(H,29,33)(H,30,31). The van der Waals surface area contributed by atoms with E-state index >= 15 is 0 Å². The lowest BCUT2D eigenvalue weighted by molar-refractivity contribution is -0.137. The van der Waals surface area contributed by atoms with E-state index in [1.165, 1.54) is 11.1 Å². The first-order valence-corrected chi connectivity index (χ1v) is 11.8. The van der Waals surface area contributed by atoms with Crippen LogP contribution in [0.5, 0.6) is 0 Å². The van der Waals surface area contributed by atoms with Crippen LogP contribution in [0.4, 0.5) is 4.79 Å². The third-order valence-electron chi connectivity index (χ3n) is 6.76. The van der Waals surface area contributed by atoms with Crippen molar-refractivity contribution in [3.63, 3.8) is 0 Å². The quantitative estimate of drug-likeness (QED) is 0.450. The SMILES string of the molecule is CCC(C)(CNC(=O)OCC1c2ccccc2-c2ccccc21)C(=O)NCC(C)CCC(=O)O. The molecule has 3 N–H and O–H groups in total. The van der Waals surface area contributed by atoms with E-state index in [1.807, 2.05) is 38.1 Å². The second kappa shape index (κ2) is 11.2. The van der Waals surface area contributed by atoms with Crippen molar-refractivity contribution in [3.05, 3.63) is 59.7 Å². The first-order chi connectivity index (χ1) is 16.2. The zero-order chi connectivity index (χ0) is 24.7. The number of ether oxygens (including phenoxy) is 1. The van der Waals surface area contributed by atoms with E-state index < -0.39 is 17.5 Å². The number of nitrogens with one attached hydrogen (secondary N) is 2. The number of carboxylic acids is 1. The van der Waals surface area contributed by atoms with Crippen LogP contribution in [-0.4, -0.2) is 42.8 Å². The molecule has 0 fully saturated rings. The average Bonchev–Trinajstić information content (AvgIpc) is 3.16. The number of hydrogen-bond donors (Lipinski definition) is 3. The number of carbonyl (C=O) groups is 3. The zero-order valence-corrected chi connectivity index (χ0v) is 20.1. The number of hydrogen-bond acceptors (Lipinski definition) is 4. The van der Waals surface area contributed by atoms with Crippen LogP contribution in [0.1, 0.15) is 57.1 Å². The fourth-order valence-electron chi connectivity index (χ4n) is 4.23. The molecule has 2 aromatic rings. The van der Waals surface area contributed by atoms with E-state index in [2.05, 4.69) is 34.9 Å². The smallest absolute Gasteiger partial charge is 0.407 e. The molecule has 34 heavy (non-hydrogen) atoms. The molecule has 1 aliphatic rings. The minimum absolute atomic E-state index is 0.0219. The van der Waals surface area contributed by atoms with Crippen LogP contribution >= 0.6 is 0 Å². The first kappa shape index (κ1) is 25.3. The van der Waals surface area contributed by atoms with Crippen molar-refractivity contribution in [1.29, 1.82) is 0 Å². The van der Waals surface area contributed by atoms with Crippen LogP contribution in [0, 0.1) is 11.3 Å². The summed E-state index contributed by atoms with van der Waals surface area (Å²) < 4.78 is 5.57. The van der Waals surface area contributed by atoms with Crippen molar-refractivity contribution in [2.45, 2.75) is 46.0 Å². The van der Waals surface area contributed by atoms with Gasteiger partial charge in [-0.3, -0.25) is 9.59 Å². The summed E-state index contributed by atoms with van der Waals surface area (Å²) in [6.45, 7) is 6.36. The van der Waals surface area contributed by atoms with Gasteiger partial charge in [0.05, 0.1) is 5.41 Å². The number of rotatable bonds is 11. The molecule has 2 atom stereocenters. The molecule has 7 nitrogen and oxygen atoms in total. The Hall–Kier alpha value is -3.35. The normalized spacial score (nSPS) is 14.9. The van der Waals surface area contributed by atoms with Gasteiger partial charge in [0.1, 0.15) is 6.61 Å². The highest BCUT2D eigenvalue weighted by Crippen LogP contribution is 2.44.